The van der Waals surface area contributed by atoms with Crippen molar-refractivity contribution in [3.05, 3.63) is 69.3 Å². The third-order valence-corrected chi connectivity index (χ3v) is 5.21. The van der Waals surface area contributed by atoms with Crippen molar-refractivity contribution in [2.75, 3.05) is 0 Å². The number of benzene rings is 2. The zero-order valence-electron chi connectivity index (χ0n) is 12.8. The monoisotopic (exact) mass is 418 g/mol. The molecule has 0 aliphatic heterocycles. The molecule has 0 heterocycles. The van der Waals surface area contributed by atoms with Crippen LogP contribution >= 0.6 is 22.6 Å². The molecule has 2 aromatic rings. The molecule has 23 heavy (non-hydrogen) atoms. The molecule has 0 radical (unpaired) electrons. The van der Waals surface area contributed by atoms with Crippen molar-refractivity contribution in [3.63, 3.8) is 0 Å². The van der Waals surface area contributed by atoms with Crippen molar-refractivity contribution in [1.29, 1.82) is 0 Å². The molecule has 1 fully saturated rings. The number of rotatable bonds is 3. The van der Waals surface area contributed by atoms with Crippen LogP contribution in [0.15, 0.2) is 59.7 Å². The summed E-state index contributed by atoms with van der Waals surface area (Å²) in [5.74, 6) is 0.480. The van der Waals surface area contributed by atoms with Gasteiger partial charge in [0.25, 0.3) is 5.91 Å². The average Bonchev–Trinajstić information content (AvgIpc) is 2.61. The average molecular weight is 418 g/mol. The summed E-state index contributed by atoms with van der Waals surface area (Å²) < 4.78 is 0.940. The van der Waals surface area contributed by atoms with E-state index in [-0.39, 0.29) is 5.91 Å². The first kappa shape index (κ1) is 16.2. The normalized spacial score (nSPS) is 17.6. The maximum Gasteiger partial charge on any atom is 0.272 e. The summed E-state index contributed by atoms with van der Waals surface area (Å²) in [4.78, 5) is 12.2. The number of nitrogens with zero attached hydrogens (tertiary/aromatic N) is 1. The summed E-state index contributed by atoms with van der Waals surface area (Å²) in [6.45, 7) is 0. The van der Waals surface area contributed by atoms with Gasteiger partial charge in [-0.05, 0) is 71.9 Å². The van der Waals surface area contributed by atoms with Gasteiger partial charge in [-0.15, -0.1) is 0 Å². The minimum atomic E-state index is -0.132. The van der Waals surface area contributed by atoms with Crippen LogP contribution in [0.2, 0.25) is 0 Å². The number of halogens is 1. The van der Waals surface area contributed by atoms with E-state index in [1.807, 2.05) is 24.3 Å². The Kier molecular flexibility index (Phi) is 5.43. The van der Waals surface area contributed by atoms with Crippen LogP contribution in [0.3, 0.4) is 0 Å². The van der Waals surface area contributed by atoms with Gasteiger partial charge in [-0.1, -0.05) is 42.5 Å². The Morgan fingerprint density at radius 2 is 1.65 bits per heavy atom. The molecule has 2 aromatic carbocycles. The van der Waals surface area contributed by atoms with Gasteiger partial charge in [-0.2, -0.15) is 5.10 Å². The molecule has 0 bridgehead atoms. The van der Waals surface area contributed by atoms with Gasteiger partial charge < -0.3 is 0 Å². The number of amides is 1. The highest BCUT2D eigenvalue weighted by Crippen LogP contribution is 2.31. The SMILES string of the molecule is O=C(NN=C1CCC(c2ccccc2)CC1)c1ccccc1I. The number of hydrogen-bond acceptors (Lipinski definition) is 2. The smallest absolute Gasteiger partial charge is 0.267 e. The Balaban J connectivity index is 1.57. The van der Waals surface area contributed by atoms with Crippen molar-refractivity contribution in [2.24, 2.45) is 5.10 Å². The van der Waals surface area contributed by atoms with Gasteiger partial charge in [-0.25, -0.2) is 5.43 Å². The van der Waals surface area contributed by atoms with Crippen molar-refractivity contribution >= 4 is 34.2 Å². The summed E-state index contributed by atoms with van der Waals surface area (Å²) in [5.41, 5.74) is 5.89. The van der Waals surface area contributed by atoms with E-state index < -0.39 is 0 Å². The van der Waals surface area contributed by atoms with Gasteiger partial charge >= 0.3 is 0 Å². The van der Waals surface area contributed by atoms with Gasteiger partial charge in [-0.3, -0.25) is 4.79 Å². The van der Waals surface area contributed by atoms with Crippen LogP contribution in [-0.2, 0) is 0 Å². The van der Waals surface area contributed by atoms with Crippen molar-refractivity contribution in [1.82, 2.24) is 5.43 Å². The second-order valence-corrected chi connectivity index (χ2v) is 6.95. The van der Waals surface area contributed by atoms with E-state index in [0.29, 0.717) is 11.5 Å². The Morgan fingerprint density at radius 3 is 2.35 bits per heavy atom. The molecule has 0 unspecified atom stereocenters. The molecule has 1 saturated carbocycles. The summed E-state index contributed by atoms with van der Waals surface area (Å²) in [6, 6.07) is 18.2. The summed E-state index contributed by atoms with van der Waals surface area (Å²) >= 11 is 2.17. The largest absolute Gasteiger partial charge is 0.272 e. The molecule has 1 aliphatic rings. The van der Waals surface area contributed by atoms with Crippen LogP contribution in [0.5, 0.6) is 0 Å². The molecule has 1 N–H and O–H groups in total. The molecular formula is C19H19IN2O. The van der Waals surface area contributed by atoms with Crippen LogP contribution in [0.25, 0.3) is 0 Å². The standard InChI is InChI=1S/C19H19IN2O/c20-18-9-5-4-8-17(18)19(23)22-21-16-12-10-15(11-13-16)14-6-2-1-3-7-14/h1-9,15H,10-13H2,(H,22,23). The molecular weight excluding hydrogens is 399 g/mol. The molecule has 1 aliphatic carbocycles. The molecule has 118 valence electrons. The van der Waals surface area contributed by atoms with Gasteiger partial charge in [0.1, 0.15) is 0 Å². The molecule has 1 amide bonds. The third kappa shape index (κ3) is 4.19. The van der Waals surface area contributed by atoms with Crippen LogP contribution in [0, 0.1) is 3.57 Å². The molecule has 3 nitrogen and oxygen atoms in total. The van der Waals surface area contributed by atoms with Crippen LogP contribution < -0.4 is 5.43 Å². The number of carbonyl (C=O) groups is 1. The highest BCUT2D eigenvalue weighted by Gasteiger charge is 2.19. The van der Waals surface area contributed by atoms with E-state index >= 15 is 0 Å². The number of hydrazone groups is 1. The zero-order chi connectivity index (χ0) is 16.1. The lowest BCUT2D eigenvalue weighted by Gasteiger charge is -2.23. The minimum Gasteiger partial charge on any atom is -0.267 e. The summed E-state index contributed by atoms with van der Waals surface area (Å²) in [6.07, 6.45) is 4.10. The molecule has 0 saturated heterocycles. The van der Waals surface area contributed by atoms with E-state index in [9.17, 15) is 4.79 Å². The first-order chi connectivity index (χ1) is 11.2. The fourth-order valence-electron chi connectivity index (χ4n) is 2.96. The van der Waals surface area contributed by atoms with Gasteiger partial charge in [0.2, 0.25) is 0 Å². The van der Waals surface area contributed by atoms with Gasteiger partial charge in [0.05, 0.1) is 5.56 Å². The molecule has 0 spiro atoms. The second kappa shape index (κ2) is 7.73. The molecule has 4 heteroatoms. The van der Waals surface area contributed by atoms with Gasteiger partial charge in [0, 0.05) is 9.28 Å². The Morgan fingerprint density at radius 1 is 1.00 bits per heavy atom. The van der Waals surface area contributed by atoms with Gasteiger partial charge in [0.15, 0.2) is 0 Å². The summed E-state index contributed by atoms with van der Waals surface area (Å²) in [7, 11) is 0. The highest BCUT2D eigenvalue weighted by atomic mass is 127. The quantitative estimate of drug-likeness (QED) is 0.568. The first-order valence-corrected chi connectivity index (χ1v) is 8.97. The highest BCUT2D eigenvalue weighted by molar-refractivity contribution is 14.1. The number of hydrogen-bond donors (Lipinski definition) is 1. The van der Waals surface area contributed by atoms with E-state index in [1.54, 1.807) is 0 Å². The molecule has 0 atom stereocenters. The third-order valence-electron chi connectivity index (χ3n) is 4.27. The fourth-order valence-corrected chi connectivity index (χ4v) is 3.59. The minimum absolute atomic E-state index is 0.132. The maximum atomic E-state index is 12.2. The van der Waals surface area contributed by atoms with E-state index in [1.165, 1.54) is 5.56 Å². The van der Waals surface area contributed by atoms with Crippen molar-refractivity contribution in [2.45, 2.75) is 31.6 Å². The number of carbonyl (C=O) groups excluding carboxylic acids is 1. The van der Waals surface area contributed by atoms with Crippen LogP contribution in [0.4, 0.5) is 0 Å². The molecule has 3 rings (SSSR count). The lowest BCUT2D eigenvalue weighted by Crippen LogP contribution is -2.22. The molecule has 0 aromatic heterocycles. The van der Waals surface area contributed by atoms with E-state index in [0.717, 1.165) is 35.0 Å². The maximum absolute atomic E-state index is 12.2. The Labute approximate surface area is 150 Å². The zero-order valence-corrected chi connectivity index (χ0v) is 15.0. The topological polar surface area (TPSA) is 41.5 Å². The lowest BCUT2D eigenvalue weighted by atomic mass is 9.83. The van der Waals surface area contributed by atoms with Crippen molar-refractivity contribution in [3.8, 4) is 0 Å². The Hall–Kier alpha value is -1.69. The first-order valence-electron chi connectivity index (χ1n) is 7.89. The Bertz CT molecular complexity index is 702. The predicted octanol–water partition coefficient (Wildman–Crippen LogP) is 4.73. The van der Waals surface area contributed by atoms with Crippen molar-refractivity contribution < 1.29 is 4.79 Å². The second-order valence-electron chi connectivity index (χ2n) is 5.78. The predicted molar refractivity (Wildman–Crippen MR) is 102 cm³/mol. The van der Waals surface area contributed by atoms with Crippen LogP contribution in [-0.4, -0.2) is 11.6 Å². The lowest BCUT2D eigenvalue weighted by molar-refractivity contribution is 0.0953. The van der Waals surface area contributed by atoms with E-state index in [2.05, 4.69) is 63.4 Å². The summed E-state index contributed by atoms with van der Waals surface area (Å²) in [5, 5.41) is 4.34. The fraction of sp³-hybridized carbons (Fsp3) is 0.263. The number of nitrogens with one attached hydrogen (secondary N) is 1. The van der Waals surface area contributed by atoms with Crippen LogP contribution in [0.1, 0.15) is 47.5 Å². The van der Waals surface area contributed by atoms with E-state index in [4.69, 9.17) is 0 Å².